The fourth-order valence-corrected chi connectivity index (χ4v) is 3.87. The molecule has 4 rings (SSSR count). The monoisotopic (exact) mass is 314 g/mol. The molecule has 23 heavy (non-hydrogen) atoms. The van der Waals surface area contributed by atoms with E-state index in [9.17, 15) is 0 Å². The van der Waals surface area contributed by atoms with Crippen LogP contribution >= 0.6 is 0 Å². The van der Waals surface area contributed by atoms with Crippen molar-refractivity contribution in [1.29, 1.82) is 0 Å². The van der Waals surface area contributed by atoms with E-state index in [2.05, 4.69) is 28.7 Å². The van der Waals surface area contributed by atoms with Gasteiger partial charge in [-0.25, -0.2) is 9.97 Å². The van der Waals surface area contributed by atoms with Gasteiger partial charge < -0.3 is 4.90 Å². The molecule has 0 aromatic carbocycles. The van der Waals surface area contributed by atoms with E-state index in [1.807, 2.05) is 17.9 Å². The molecule has 0 aliphatic carbocycles. The van der Waals surface area contributed by atoms with E-state index in [0.29, 0.717) is 12.0 Å². The van der Waals surface area contributed by atoms with Crippen molar-refractivity contribution < 1.29 is 0 Å². The molecule has 0 bridgehead atoms. The summed E-state index contributed by atoms with van der Waals surface area (Å²) >= 11 is 0. The van der Waals surface area contributed by atoms with Gasteiger partial charge in [0.05, 0.1) is 11.6 Å². The Bertz CT molecular complexity index is 706. The second-order valence-corrected chi connectivity index (χ2v) is 7.20. The molecule has 0 radical (unpaired) electrons. The number of hydrogen-bond acceptors (Lipinski definition) is 5. The molecule has 2 fully saturated rings. The zero-order chi connectivity index (χ0) is 16.0. The molecule has 0 amide bonds. The molecule has 2 aliphatic heterocycles. The number of anilines is 1. The van der Waals surface area contributed by atoms with Crippen LogP contribution in [-0.4, -0.2) is 56.9 Å². The number of fused-ring (bicyclic) bond motifs is 2. The first-order valence-corrected chi connectivity index (χ1v) is 8.82. The Hall–Kier alpha value is -1.69. The molecule has 0 saturated carbocycles. The number of rotatable bonds is 2. The molecule has 2 aromatic rings. The van der Waals surface area contributed by atoms with E-state index in [4.69, 9.17) is 9.97 Å². The summed E-state index contributed by atoms with van der Waals surface area (Å²) in [6, 6.07) is 0.682. The Kier molecular flexibility index (Phi) is 3.71. The zero-order valence-electron chi connectivity index (χ0n) is 14.4. The van der Waals surface area contributed by atoms with Crippen LogP contribution < -0.4 is 4.90 Å². The van der Waals surface area contributed by atoms with Gasteiger partial charge in [-0.1, -0.05) is 20.3 Å². The van der Waals surface area contributed by atoms with Gasteiger partial charge in [-0.3, -0.25) is 9.58 Å². The predicted octanol–water partition coefficient (Wildman–Crippen LogP) is 2.16. The van der Waals surface area contributed by atoms with E-state index in [0.717, 1.165) is 42.3 Å². The molecule has 0 spiro atoms. The summed E-state index contributed by atoms with van der Waals surface area (Å²) in [5.74, 6) is 2.32. The van der Waals surface area contributed by atoms with Gasteiger partial charge in [0.15, 0.2) is 5.65 Å². The highest BCUT2D eigenvalue weighted by molar-refractivity contribution is 5.87. The van der Waals surface area contributed by atoms with Crippen molar-refractivity contribution in [2.75, 3.05) is 31.1 Å². The van der Waals surface area contributed by atoms with E-state index in [-0.39, 0.29) is 0 Å². The van der Waals surface area contributed by atoms with Gasteiger partial charge in [-0.05, 0) is 19.4 Å². The first kappa shape index (κ1) is 14.9. The van der Waals surface area contributed by atoms with Gasteiger partial charge in [0.1, 0.15) is 11.6 Å². The van der Waals surface area contributed by atoms with Crippen molar-refractivity contribution in [1.82, 2.24) is 24.6 Å². The van der Waals surface area contributed by atoms with Crippen LogP contribution in [0.15, 0.2) is 6.20 Å². The SMILES string of the molecule is CC(C)c1nc(N2CCN3CCCC[C@H]3C2)c2cnn(C)c2n1. The number of aromatic nitrogens is 4. The lowest BCUT2D eigenvalue weighted by molar-refractivity contribution is 0.133. The average Bonchev–Trinajstić information content (AvgIpc) is 2.95. The maximum Gasteiger partial charge on any atom is 0.163 e. The van der Waals surface area contributed by atoms with E-state index in [1.165, 1.54) is 25.8 Å². The molecule has 2 saturated heterocycles. The standard InChI is InChI=1S/C17H26N6/c1-12(2)15-19-16-14(10-18-21(16)3)17(20-15)23-9-8-22-7-5-4-6-13(22)11-23/h10,12-13H,4-9,11H2,1-3H3/t13-/m0/s1. The molecule has 124 valence electrons. The molecular formula is C17H26N6. The summed E-state index contributed by atoms with van der Waals surface area (Å²) in [5.41, 5.74) is 0.949. The Morgan fingerprint density at radius 3 is 2.83 bits per heavy atom. The van der Waals surface area contributed by atoms with Crippen LogP contribution in [0.1, 0.15) is 44.9 Å². The Morgan fingerprint density at radius 2 is 2.00 bits per heavy atom. The smallest absolute Gasteiger partial charge is 0.163 e. The van der Waals surface area contributed by atoms with Gasteiger partial charge in [0, 0.05) is 38.6 Å². The highest BCUT2D eigenvalue weighted by atomic mass is 15.3. The number of nitrogens with zero attached hydrogens (tertiary/aromatic N) is 6. The second-order valence-electron chi connectivity index (χ2n) is 7.20. The van der Waals surface area contributed by atoms with Crippen LogP contribution in [0.25, 0.3) is 11.0 Å². The fraction of sp³-hybridized carbons (Fsp3) is 0.706. The summed E-state index contributed by atoms with van der Waals surface area (Å²) in [5, 5.41) is 5.49. The normalized spacial score (nSPS) is 22.8. The fourth-order valence-electron chi connectivity index (χ4n) is 3.87. The molecule has 6 nitrogen and oxygen atoms in total. The Balaban J connectivity index is 1.72. The quantitative estimate of drug-likeness (QED) is 0.850. The van der Waals surface area contributed by atoms with E-state index >= 15 is 0 Å². The maximum absolute atomic E-state index is 4.92. The maximum atomic E-state index is 4.92. The number of aryl methyl sites for hydroxylation is 1. The third kappa shape index (κ3) is 2.59. The van der Waals surface area contributed by atoms with Crippen LogP contribution in [0.3, 0.4) is 0 Å². The first-order chi connectivity index (χ1) is 11.1. The minimum absolute atomic E-state index is 0.323. The summed E-state index contributed by atoms with van der Waals surface area (Å²) in [4.78, 5) is 14.8. The van der Waals surface area contributed by atoms with Crippen molar-refractivity contribution in [3.8, 4) is 0 Å². The topological polar surface area (TPSA) is 50.1 Å². The number of piperidine rings is 1. The van der Waals surface area contributed by atoms with Gasteiger partial charge >= 0.3 is 0 Å². The van der Waals surface area contributed by atoms with Crippen molar-refractivity contribution in [3.63, 3.8) is 0 Å². The van der Waals surface area contributed by atoms with Crippen LogP contribution in [0.4, 0.5) is 5.82 Å². The highest BCUT2D eigenvalue weighted by Crippen LogP contribution is 2.29. The molecular weight excluding hydrogens is 288 g/mol. The molecule has 4 heterocycles. The van der Waals surface area contributed by atoms with E-state index in [1.54, 1.807) is 0 Å². The summed E-state index contributed by atoms with van der Waals surface area (Å²) in [6.45, 7) is 8.85. The molecule has 2 aliphatic rings. The molecule has 2 aromatic heterocycles. The average molecular weight is 314 g/mol. The van der Waals surface area contributed by atoms with E-state index < -0.39 is 0 Å². The minimum atomic E-state index is 0.323. The summed E-state index contributed by atoms with van der Waals surface area (Å²) < 4.78 is 1.86. The van der Waals surface area contributed by atoms with Gasteiger partial charge in [-0.2, -0.15) is 5.10 Å². The lowest BCUT2D eigenvalue weighted by Crippen LogP contribution is -2.55. The molecule has 1 atom stereocenters. The lowest BCUT2D eigenvalue weighted by atomic mass is 9.99. The number of piperazine rings is 1. The second kappa shape index (κ2) is 5.74. The van der Waals surface area contributed by atoms with Crippen molar-refractivity contribution in [3.05, 3.63) is 12.0 Å². The minimum Gasteiger partial charge on any atom is -0.353 e. The Labute approximate surface area is 137 Å². The first-order valence-electron chi connectivity index (χ1n) is 8.82. The summed E-state index contributed by atoms with van der Waals surface area (Å²) in [7, 11) is 1.96. The molecule has 6 heteroatoms. The van der Waals surface area contributed by atoms with Gasteiger partial charge in [0.2, 0.25) is 0 Å². The van der Waals surface area contributed by atoms with Gasteiger partial charge in [-0.15, -0.1) is 0 Å². The zero-order valence-corrected chi connectivity index (χ0v) is 14.4. The highest BCUT2D eigenvalue weighted by Gasteiger charge is 2.30. The molecule has 0 N–H and O–H groups in total. The van der Waals surface area contributed by atoms with Crippen LogP contribution in [0.5, 0.6) is 0 Å². The number of hydrogen-bond donors (Lipinski definition) is 0. The Morgan fingerprint density at radius 1 is 1.13 bits per heavy atom. The van der Waals surface area contributed by atoms with Gasteiger partial charge in [0.25, 0.3) is 0 Å². The largest absolute Gasteiger partial charge is 0.353 e. The summed E-state index contributed by atoms with van der Waals surface area (Å²) in [6.07, 6.45) is 5.95. The third-order valence-electron chi connectivity index (χ3n) is 5.24. The third-order valence-corrected chi connectivity index (χ3v) is 5.24. The van der Waals surface area contributed by atoms with Crippen molar-refractivity contribution >= 4 is 16.9 Å². The van der Waals surface area contributed by atoms with Crippen LogP contribution in [-0.2, 0) is 7.05 Å². The molecule has 0 unspecified atom stereocenters. The van der Waals surface area contributed by atoms with Crippen LogP contribution in [0, 0.1) is 0 Å². The lowest BCUT2D eigenvalue weighted by Gasteiger charge is -2.44. The van der Waals surface area contributed by atoms with Crippen LogP contribution in [0.2, 0.25) is 0 Å². The van der Waals surface area contributed by atoms with Crippen molar-refractivity contribution in [2.24, 2.45) is 7.05 Å². The van der Waals surface area contributed by atoms with Crippen molar-refractivity contribution in [2.45, 2.75) is 45.1 Å². The predicted molar refractivity (Wildman–Crippen MR) is 91.8 cm³/mol.